The highest BCUT2D eigenvalue weighted by atomic mass is 16.3. The highest BCUT2D eigenvalue weighted by Gasteiger charge is 1.85. The van der Waals surface area contributed by atoms with Crippen molar-refractivity contribution in [3.8, 4) is 0 Å². The Kier molecular flexibility index (Phi) is 9.41. The fraction of sp³-hybridized carbons (Fsp3) is 0.400. The van der Waals surface area contributed by atoms with Gasteiger partial charge in [-0.2, -0.15) is 0 Å². The van der Waals surface area contributed by atoms with Crippen LogP contribution in [-0.2, 0) is 6.61 Å². The van der Waals surface area contributed by atoms with Gasteiger partial charge in [-0.3, -0.25) is 0 Å². The van der Waals surface area contributed by atoms with Gasteiger partial charge in [-0.25, -0.2) is 0 Å². The molecule has 12 heavy (non-hydrogen) atoms. The van der Waals surface area contributed by atoms with Crippen LogP contribution in [0.3, 0.4) is 0 Å². The molecule has 0 amide bonds. The third-order valence-electron chi connectivity index (χ3n) is 1.30. The summed E-state index contributed by atoms with van der Waals surface area (Å²) in [6.45, 7) is 6.17. The molecule has 0 heterocycles. The number of hydrogen-bond donors (Lipinski definition) is 1. The first-order valence-corrected chi connectivity index (χ1v) is 3.99. The lowest BCUT2D eigenvalue weighted by atomic mass is 10.2. The molecule has 0 bridgehead atoms. The summed E-state index contributed by atoms with van der Waals surface area (Å²) in [5.41, 5.74) is 2.20. The van der Waals surface area contributed by atoms with Crippen LogP contribution in [-0.4, -0.2) is 10.6 Å². The van der Waals surface area contributed by atoms with Crippen LogP contribution in [0.25, 0.3) is 0 Å². The second kappa shape index (κ2) is 8.24. The molecule has 70 valence electrons. The average Bonchev–Trinajstić information content (AvgIpc) is 2.10. The molecule has 0 atom stereocenters. The molecule has 0 aliphatic rings. The van der Waals surface area contributed by atoms with E-state index in [1.165, 1.54) is 5.56 Å². The van der Waals surface area contributed by atoms with E-state index in [2.05, 4.69) is 0 Å². The quantitative estimate of drug-likeness (QED) is 0.685. The first kappa shape index (κ1) is 13.7. The maximum Gasteiger partial charge on any atom is 0.0681 e. The largest absolute Gasteiger partial charge is 0.412 e. The average molecular weight is 170 g/mol. The van der Waals surface area contributed by atoms with Gasteiger partial charge in [-0.15, -0.1) is 0 Å². The fourth-order valence-electron chi connectivity index (χ4n) is 0.693. The molecule has 1 aromatic carbocycles. The van der Waals surface area contributed by atoms with Crippen molar-refractivity contribution in [1.29, 1.82) is 0 Å². The summed E-state index contributed by atoms with van der Waals surface area (Å²) in [7, 11) is 0. The van der Waals surface area contributed by atoms with E-state index >= 15 is 0 Å². The van der Waals surface area contributed by atoms with Gasteiger partial charge in [0.15, 0.2) is 0 Å². The van der Waals surface area contributed by atoms with Gasteiger partial charge in [0.1, 0.15) is 0 Å². The summed E-state index contributed by atoms with van der Waals surface area (Å²) < 4.78 is 0. The molecular formula is C10H18O2. The van der Waals surface area contributed by atoms with Crippen molar-refractivity contribution in [2.45, 2.75) is 27.4 Å². The predicted octanol–water partition coefficient (Wildman–Crippen LogP) is 1.69. The number of benzene rings is 1. The van der Waals surface area contributed by atoms with Crippen molar-refractivity contribution in [1.82, 2.24) is 0 Å². The first-order valence-electron chi connectivity index (χ1n) is 3.99. The van der Waals surface area contributed by atoms with E-state index in [9.17, 15) is 0 Å². The van der Waals surface area contributed by atoms with Gasteiger partial charge in [-0.1, -0.05) is 43.7 Å². The van der Waals surface area contributed by atoms with E-state index in [1.807, 2.05) is 45.0 Å². The normalized spacial score (nSPS) is 7.67. The van der Waals surface area contributed by atoms with E-state index < -0.39 is 0 Å². The molecule has 0 fully saturated rings. The SMILES string of the molecule is CC.Cc1ccc(CO)cc1.O. The molecule has 0 unspecified atom stereocenters. The third kappa shape index (κ3) is 4.88. The summed E-state index contributed by atoms with van der Waals surface area (Å²) in [4.78, 5) is 0. The minimum atomic E-state index is 0. The van der Waals surface area contributed by atoms with Crippen LogP contribution in [0.4, 0.5) is 0 Å². The van der Waals surface area contributed by atoms with Crippen LogP contribution in [0.5, 0.6) is 0 Å². The van der Waals surface area contributed by atoms with E-state index in [4.69, 9.17) is 5.11 Å². The van der Waals surface area contributed by atoms with Crippen LogP contribution in [0.2, 0.25) is 0 Å². The number of aliphatic hydroxyl groups excluding tert-OH is 1. The van der Waals surface area contributed by atoms with Gasteiger partial charge in [0.2, 0.25) is 0 Å². The number of rotatable bonds is 1. The minimum Gasteiger partial charge on any atom is -0.412 e. The molecule has 0 spiro atoms. The Morgan fingerprint density at radius 2 is 1.50 bits per heavy atom. The Morgan fingerprint density at radius 3 is 1.83 bits per heavy atom. The van der Waals surface area contributed by atoms with Gasteiger partial charge in [-0.05, 0) is 12.5 Å². The zero-order valence-corrected chi connectivity index (χ0v) is 7.96. The Balaban J connectivity index is 0. The Bertz CT molecular complexity index is 180. The Labute approximate surface area is 74.2 Å². The Hall–Kier alpha value is -0.860. The maximum atomic E-state index is 8.63. The Morgan fingerprint density at radius 1 is 1.08 bits per heavy atom. The lowest BCUT2D eigenvalue weighted by molar-refractivity contribution is 0.282. The van der Waals surface area contributed by atoms with Crippen LogP contribution < -0.4 is 0 Å². The van der Waals surface area contributed by atoms with E-state index in [0.29, 0.717) is 0 Å². The topological polar surface area (TPSA) is 51.7 Å². The summed E-state index contributed by atoms with van der Waals surface area (Å²) in [5, 5.41) is 8.63. The molecular weight excluding hydrogens is 152 g/mol. The van der Waals surface area contributed by atoms with E-state index in [1.54, 1.807) is 0 Å². The standard InChI is InChI=1S/C8H10O.C2H6.H2O/c1-7-2-4-8(6-9)5-3-7;1-2;/h2-5,9H,6H2,1H3;1-2H3;1H2. The van der Waals surface area contributed by atoms with Gasteiger partial charge in [0.25, 0.3) is 0 Å². The fourth-order valence-corrected chi connectivity index (χ4v) is 0.693. The number of aryl methyl sites for hydroxylation is 1. The molecule has 1 rings (SSSR count). The minimum absolute atomic E-state index is 0. The summed E-state index contributed by atoms with van der Waals surface area (Å²) >= 11 is 0. The van der Waals surface area contributed by atoms with Gasteiger partial charge in [0.05, 0.1) is 6.61 Å². The predicted molar refractivity (Wildman–Crippen MR) is 52.1 cm³/mol. The van der Waals surface area contributed by atoms with Crippen LogP contribution in [0.15, 0.2) is 24.3 Å². The van der Waals surface area contributed by atoms with Crippen molar-refractivity contribution in [3.63, 3.8) is 0 Å². The smallest absolute Gasteiger partial charge is 0.0681 e. The highest BCUT2D eigenvalue weighted by Crippen LogP contribution is 2.01. The summed E-state index contributed by atoms with van der Waals surface area (Å²) in [5.74, 6) is 0. The van der Waals surface area contributed by atoms with Gasteiger partial charge >= 0.3 is 0 Å². The number of aliphatic hydroxyl groups is 1. The summed E-state index contributed by atoms with van der Waals surface area (Å²) in [6, 6.07) is 7.84. The van der Waals surface area contributed by atoms with Crippen molar-refractivity contribution < 1.29 is 10.6 Å². The molecule has 2 nitrogen and oxygen atoms in total. The molecule has 0 aromatic heterocycles. The lowest BCUT2D eigenvalue weighted by Crippen LogP contribution is -1.80. The second-order valence-electron chi connectivity index (χ2n) is 2.14. The molecule has 2 heteroatoms. The van der Waals surface area contributed by atoms with E-state index in [0.717, 1.165) is 5.56 Å². The van der Waals surface area contributed by atoms with Crippen molar-refractivity contribution in [3.05, 3.63) is 35.4 Å². The monoisotopic (exact) mass is 170 g/mol. The molecule has 0 saturated heterocycles. The van der Waals surface area contributed by atoms with Crippen LogP contribution in [0.1, 0.15) is 25.0 Å². The molecule has 0 saturated carbocycles. The number of hydrogen-bond acceptors (Lipinski definition) is 1. The van der Waals surface area contributed by atoms with Crippen molar-refractivity contribution in [2.24, 2.45) is 0 Å². The highest BCUT2D eigenvalue weighted by molar-refractivity contribution is 5.20. The van der Waals surface area contributed by atoms with Crippen LogP contribution >= 0.6 is 0 Å². The zero-order valence-electron chi connectivity index (χ0n) is 7.96. The van der Waals surface area contributed by atoms with Crippen molar-refractivity contribution >= 4 is 0 Å². The lowest BCUT2D eigenvalue weighted by Gasteiger charge is -1.93. The second-order valence-corrected chi connectivity index (χ2v) is 2.14. The third-order valence-corrected chi connectivity index (χ3v) is 1.30. The van der Waals surface area contributed by atoms with Gasteiger partial charge < -0.3 is 10.6 Å². The molecule has 3 N–H and O–H groups in total. The van der Waals surface area contributed by atoms with Crippen LogP contribution in [0, 0.1) is 6.92 Å². The van der Waals surface area contributed by atoms with Gasteiger partial charge in [0, 0.05) is 0 Å². The zero-order chi connectivity index (χ0) is 8.69. The maximum absolute atomic E-state index is 8.63. The molecule has 0 radical (unpaired) electrons. The summed E-state index contributed by atoms with van der Waals surface area (Å²) in [6.07, 6.45) is 0. The van der Waals surface area contributed by atoms with E-state index in [-0.39, 0.29) is 12.1 Å². The molecule has 0 aliphatic carbocycles. The first-order chi connectivity index (χ1) is 5.33. The molecule has 1 aromatic rings. The molecule has 0 aliphatic heterocycles. The van der Waals surface area contributed by atoms with Crippen molar-refractivity contribution in [2.75, 3.05) is 0 Å².